The number of likely N-dealkylation sites (tertiary alicyclic amines) is 1. The first-order valence-electron chi connectivity index (χ1n) is 11.2. The lowest BCUT2D eigenvalue weighted by molar-refractivity contribution is 0.0706. The highest BCUT2D eigenvalue weighted by molar-refractivity contribution is 5.94. The zero-order valence-electron chi connectivity index (χ0n) is 18.5. The molecule has 5 rings (SSSR count). The molecule has 1 atom stereocenters. The molecule has 0 saturated carbocycles. The highest BCUT2D eigenvalue weighted by Gasteiger charge is 2.29. The van der Waals surface area contributed by atoms with Crippen molar-refractivity contribution < 1.29 is 4.79 Å². The molecule has 1 saturated heterocycles. The van der Waals surface area contributed by atoms with Crippen LogP contribution in [0.3, 0.4) is 0 Å². The number of hydrogen-bond donors (Lipinski definition) is 0. The molecule has 1 unspecified atom stereocenters. The van der Waals surface area contributed by atoms with Crippen LogP contribution in [-0.2, 0) is 0 Å². The first-order valence-corrected chi connectivity index (χ1v) is 11.2. The molecule has 0 bridgehead atoms. The number of nitrogens with zero attached hydrogens (tertiary/aromatic N) is 6. The predicted molar refractivity (Wildman–Crippen MR) is 128 cm³/mol. The van der Waals surface area contributed by atoms with E-state index in [2.05, 4.69) is 21.0 Å². The molecule has 166 valence electrons. The van der Waals surface area contributed by atoms with Gasteiger partial charge in [-0.2, -0.15) is 5.26 Å². The van der Waals surface area contributed by atoms with E-state index in [0.717, 1.165) is 35.2 Å². The van der Waals surface area contributed by atoms with Gasteiger partial charge in [-0.25, -0.2) is 9.97 Å². The topological polar surface area (TPSA) is 95.7 Å². The molecular weight excluding hydrogens is 424 g/mol. The average molecular weight is 447 g/mol. The van der Waals surface area contributed by atoms with Gasteiger partial charge in [0.05, 0.1) is 17.3 Å². The molecule has 1 fully saturated rings. The van der Waals surface area contributed by atoms with Gasteiger partial charge in [0.15, 0.2) is 5.82 Å². The van der Waals surface area contributed by atoms with Gasteiger partial charge in [0.2, 0.25) is 0 Å². The van der Waals surface area contributed by atoms with E-state index in [1.807, 2.05) is 35.4 Å². The minimum absolute atomic E-state index is 0.0249. The monoisotopic (exact) mass is 446 g/mol. The summed E-state index contributed by atoms with van der Waals surface area (Å²) in [6.07, 6.45) is 10.7. The van der Waals surface area contributed by atoms with Crippen LogP contribution in [0.4, 0.5) is 0 Å². The fraction of sp³-hybridized carbons (Fsp3) is 0.185. The summed E-state index contributed by atoms with van der Waals surface area (Å²) in [5, 5.41) is 9.04. The quantitative estimate of drug-likeness (QED) is 0.458. The van der Waals surface area contributed by atoms with Crippen molar-refractivity contribution in [1.82, 2.24) is 24.8 Å². The molecule has 7 heteroatoms. The number of carbonyl (C=O) groups excluding carboxylic acids is 1. The zero-order chi connectivity index (χ0) is 23.3. The van der Waals surface area contributed by atoms with Crippen molar-refractivity contribution in [3.8, 4) is 28.6 Å². The van der Waals surface area contributed by atoms with E-state index < -0.39 is 0 Å². The summed E-state index contributed by atoms with van der Waals surface area (Å²) in [7, 11) is 0. The molecule has 0 N–H and O–H groups in total. The third-order valence-electron chi connectivity index (χ3n) is 6.10. The predicted octanol–water partition coefficient (Wildman–Crippen LogP) is 4.49. The molecular formula is C27H22N6O. The maximum atomic E-state index is 13.2. The Morgan fingerprint density at radius 3 is 2.29 bits per heavy atom. The summed E-state index contributed by atoms with van der Waals surface area (Å²) < 4.78 is 0. The molecule has 0 spiro atoms. The van der Waals surface area contributed by atoms with Gasteiger partial charge in [-0.15, -0.1) is 0 Å². The normalized spacial score (nSPS) is 15.5. The number of benzene rings is 1. The second-order valence-corrected chi connectivity index (χ2v) is 8.24. The van der Waals surface area contributed by atoms with Gasteiger partial charge in [-0.05, 0) is 66.9 Å². The van der Waals surface area contributed by atoms with Gasteiger partial charge in [0.1, 0.15) is 0 Å². The zero-order valence-corrected chi connectivity index (χ0v) is 18.5. The molecule has 3 aromatic heterocycles. The average Bonchev–Trinajstić information content (AvgIpc) is 2.93. The van der Waals surface area contributed by atoms with Crippen molar-refractivity contribution in [2.24, 2.45) is 0 Å². The number of aromatic nitrogens is 4. The SMILES string of the molecule is N#Cc1ccc(C(=O)N2CCCC(c3nc(-c4ccncc4)ncc3-c3ccncc3)C2)cc1. The van der Waals surface area contributed by atoms with Crippen LogP contribution in [0.1, 0.15) is 40.4 Å². The van der Waals surface area contributed by atoms with Crippen molar-refractivity contribution >= 4 is 5.91 Å². The molecule has 0 aliphatic carbocycles. The van der Waals surface area contributed by atoms with Crippen molar-refractivity contribution in [3.63, 3.8) is 0 Å². The third kappa shape index (κ3) is 4.39. The van der Waals surface area contributed by atoms with Crippen LogP contribution in [-0.4, -0.2) is 43.8 Å². The van der Waals surface area contributed by atoms with Crippen molar-refractivity contribution in [3.05, 3.63) is 96.3 Å². The molecule has 4 heterocycles. The standard InChI is InChI=1S/C27H22N6O/c28-16-19-3-5-22(6-4-19)27(34)33-15-1-2-23(18-33)25-24(20-7-11-29-12-8-20)17-31-26(32-25)21-9-13-30-14-10-21/h3-14,17,23H,1-2,15,18H2. The molecule has 1 aliphatic rings. The van der Waals surface area contributed by atoms with Crippen LogP contribution in [0.5, 0.6) is 0 Å². The van der Waals surface area contributed by atoms with E-state index in [1.165, 1.54) is 0 Å². The first-order chi connectivity index (χ1) is 16.7. The molecule has 34 heavy (non-hydrogen) atoms. The molecule has 1 aromatic carbocycles. The Balaban J connectivity index is 1.49. The summed E-state index contributed by atoms with van der Waals surface area (Å²) in [6.45, 7) is 1.27. The van der Waals surface area contributed by atoms with Crippen LogP contribution >= 0.6 is 0 Å². The van der Waals surface area contributed by atoms with Crippen molar-refractivity contribution in [2.45, 2.75) is 18.8 Å². The number of piperidine rings is 1. The van der Waals surface area contributed by atoms with Crippen molar-refractivity contribution in [1.29, 1.82) is 5.26 Å². The second kappa shape index (κ2) is 9.59. The Morgan fingerprint density at radius 1 is 0.941 bits per heavy atom. The number of nitriles is 1. The van der Waals surface area contributed by atoms with Gasteiger partial charge < -0.3 is 4.90 Å². The maximum absolute atomic E-state index is 13.2. The van der Waals surface area contributed by atoms with E-state index in [1.54, 1.807) is 49.1 Å². The van der Waals surface area contributed by atoms with Gasteiger partial charge in [0, 0.05) is 66.7 Å². The Hall–Kier alpha value is -4.44. The van der Waals surface area contributed by atoms with E-state index in [4.69, 9.17) is 10.2 Å². The number of hydrogen-bond acceptors (Lipinski definition) is 6. The second-order valence-electron chi connectivity index (χ2n) is 8.24. The molecule has 0 radical (unpaired) electrons. The summed E-state index contributed by atoms with van der Waals surface area (Å²) in [4.78, 5) is 33.0. The minimum Gasteiger partial charge on any atom is -0.338 e. The van der Waals surface area contributed by atoms with Gasteiger partial charge in [-0.1, -0.05) is 0 Å². The van der Waals surface area contributed by atoms with E-state index in [-0.39, 0.29) is 11.8 Å². The number of amides is 1. The Bertz CT molecular complexity index is 1330. The van der Waals surface area contributed by atoms with Crippen LogP contribution in [0.15, 0.2) is 79.5 Å². The Kier molecular flexibility index (Phi) is 6.04. The van der Waals surface area contributed by atoms with Crippen LogP contribution in [0.25, 0.3) is 22.5 Å². The smallest absolute Gasteiger partial charge is 0.253 e. The highest BCUT2D eigenvalue weighted by Crippen LogP contribution is 2.34. The number of rotatable bonds is 4. The van der Waals surface area contributed by atoms with Gasteiger partial charge >= 0.3 is 0 Å². The van der Waals surface area contributed by atoms with Gasteiger partial charge in [-0.3, -0.25) is 14.8 Å². The molecule has 7 nitrogen and oxygen atoms in total. The summed E-state index contributed by atoms with van der Waals surface area (Å²) in [5.41, 5.74) is 4.93. The van der Waals surface area contributed by atoms with E-state index in [0.29, 0.717) is 30.0 Å². The number of pyridine rings is 2. The minimum atomic E-state index is -0.0249. The van der Waals surface area contributed by atoms with Crippen LogP contribution < -0.4 is 0 Å². The van der Waals surface area contributed by atoms with E-state index >= 15 is 0 Å². The largest absolute Gasteiger partial charge is 0.338 e. The lowest BCUT2D eigenvalue weighted by Crippen LogP contribution is -2.39. The fourth-order valence-electron chi connectivity index (χ4n) is 4.35. The maximum Gasteiger partial charge on any atom is 0.253 e. The Labute approximate surface area is 197 Å². The van der Waals surface area contributed by atoms with Crippen LogP contribution in [0, 0.1) is 11.3 Å². The lowest BCUT2D eigenvalue weighted by Gasteiger charge is -2.33. The van der Waals surface area contributed by atoms with Crippen LogP contribution in [0.2, 0.25) is 0 Å². The molecule has 1 aliphatic heterocycles. The molecule has 1 amide bonds. The van der Waals surface area contributed by atoms with Gasteiger partial charge in [0.25, 0.3) is 5.91 Å². The third-order valence-corrected chi connectivity index (χ3v) is 6.10. The highest BCUT2D eigenvalue weighted by atomic mass is 16.2. The van der Waals surface area contributed by atoms with E-state index in [9.17, 15) is 4.79 Å². The number of carbonyl (C=O) groups is 1. The summed E-state index contributed by atoms with van der Waals surface area (Å²) in [6, 6.07) is 16.6. The summed E-state index contributed by atoms with van der Waals surface area (Å²) in [5.74, 6) is 0.691. The lowest BCUT2D eigenvalue weighted by atomic mass is 9.89. The summed E-state index contributed by atoms with van der Waals surface area (Å²) >= 11 is 0. The fourth-order valence-corrected chi connectivity index (χ4v) is 4.35. The first kappa shape index (κ1) is 21.4. The van der Waals surface area contributed by atoms with Crippen molar-refractivity contribution in [2.75, 3.05) is 13.1 Å². The molecule has 4 aromatic rings. The Morgan fingerprint density at radius 2 is 1.62 bits per heavy atom.